The van der Waals surface area contributed by atoms with Crippen LogP contribution in [0.25, 0.3) is 5.69 Å². The van der Waals surface area contributed by atoms with Gasteiger partial charge < -0.3 is 14.8 Å². The van der Waals surface area contributed by atoms with Gasteiger partial charge in [0.1, 0.15) is 19.3 Å². The summed E-state index contributed by atoms with van der Waals surface area (Å²) in [5, 5.41) is 10.4. The molecule has 0 saturated carbocycles. The highest BCUT2D eigenvalue weighted by atomic mass is 79.9. The molecule has 2 aromatic carbocycles. The number of halogens is 1. The summed E-state index contributed by atoms with van der Waals surface area (Å²) in [5.41, 5.74) is 1.32. The van der Waals surface area contributed by atoms with Crippen LogP contribution >= 0.6 is 15.9 Å². The lowest BCUT2D eigenvalue weighted by Crippen LogP contribution is -2.28. The molecule has 134 valence electrons. The number of rotatable bonds is 7. The first-order chi connectivity index (χ1) is 12.7. The SMILES string of the molecule is COc1ccccc1OCCNC(=O)c1cc(-n2cnnc2)ccc1Br. The fraction of sp³-hybridized carbons (Fsp3) is 0.167. The Morgan fingerprint density at radius 3 is 2.62 bits per heavy atom. The van der Waals surface area contributed by atoms with Gasteiger partial charge >= 0.3 is 0 Å². The van der Waals surface area contributed by atoms with Crippen LogP contribution in [0.15, 0.2) is 59.6 Å². The Balaban J connectivity index is 1.59. The Bertz CT molecular complexity index is 884. The summed E-state index contributed by atoms with van der Waals surface area (Å²) in [6.45, 7) is 0.690. The van der Waals surface area contributed by atoms with Gasteiger partial charge in [-0.25, -0.2) is 0 Å². The van der Waals surface area contributed by atoms with E-state index in [1.54, 1.807) is 30.4 Å². The molecule has 0 spiro atoms. The highest BCUT2D eigenvalue weighted by Crippen LogP contribution is 2.25. The van der Waals surface area contributed by atoms with Crippen molar-refractivity contribution in [1.82, 2.24) is 20.1 Å². The Morgan fingerprint density at radius 1 is 1.15 bits per heavy atom. The lowest BCUT2D eigenvalue weighted by atomic mass is 10.2. The molecule has 0 aliphatic carbocycles. The summed E-state index contributed by atoms with van der Waals surface area (Å²) in [6.07, 6.45) is 3.15. The van der Waals surface area contributed by atoms with Crippen LogP contribution in [0.1, 0.15) is 10.4 Å². The van der Waals surface area contributed by atoms with Gasteiger partial charge in [0, 0.05) is 10.2 Å². The molecule has 0 aliphatic heterocycles. The van der Waals surface area contributed by atoms with E-state index >= 15 is 0 Å². The molecular weight excluding hydrogens is 400 g/mol. The van der Waals surface area contributed by atoms with Gasteiger partial charge in [-0.3, -0.25) is 9.36 Å². The van der Waals surface area contributed by atoms with E-state index in [2.05, 4.69) is 31.4 Å². The average molecular weight is 417 g/mol. The second kappa shape index (κ2) is 8.48. The number of para-hydroxylation sites is 2. The van der Waals surface area contributed by atoms with Crippen molar-refractivity contribution < 1.29 is 14.3 Å². The topological polar surface area (TPSA) is 78.3 Å². The first kappa shape index (κ1) is 17.9. The third kappa shape index (κ3) is 4.20. The predicted molar refractivity (Wildman–Crippen MR) is 99.9 cm³/mol. The van der Waals surface area contributed by atoms with E-state index < -0.39 is 0 Å². The lowest BCUT2D eigenvalue weighted by molar-refractivity contribution is 0.0946. The molecular formula is C18H17BrN4O3. The molecule has 0 bridgehead atoms. The molecule has 1 heterocycles. The molecule has 3 rings (SSSR count). The fourth-order valence-corrected chi connectivity index (χ4v) is 2.77. The van der Waals surface area contributed by atoms with Crippen molar-refractivity contribution in [3.05, 3.63) is 65.2 Å². The molecule has 0 atom stereocenters. The molecule has 7 nitrogen and oxygen atoms in total. The maximum Gasteiger partial charge on any atom is 0.252 e. The van der Waals surface area contributed by atoms with E-state index in [9.17, 15) is 4.79 Å². The Kier molecular flexibility index (Phi) is 5.85. The average Bonchev–Trinajstić information content (AvgIpc) is 3.20. The van der Waals surface area contributed by atoms with Crippen molar-refractivity contribution in [2.45, 2.75) is 0 Å². The van der Waals surface area contributed by atoms with E-state index in [1.807, 2.05) is 36.4 Å². The van der Waals surface area contributed by atoms with E-state index in [1.165, 1.54) is 0 Å². The van der Waals surface area contributed by atoms with Crippen LogP contribution in [0.3, 0.4) is 0 Å². The minimum atomic E-state index is -0.199. The molecule has 0 fully saturated rings. The zero-order chi connectivity index (χ0) is 18.4. The van der Waals surface area contributed by atoms with Crippen molar-refractivity contribution in [3.8, 4) is 17.2 Å². The summed E-state index contributed by atoms with van der Waals surface area (Å²) in [4.78, 5) is 12.5. The molecule has 1 amide bonds. The molecule has 0 saturated heterocycles. The van der Waals surface area contributed by atoms with Gasteiger partial charge in [-0.05, 0) is 46.3 Å². The van der Waals surface area contributed by atoms with Crippen LogP contribution < -0.4 is 14.8 Å². The number of amides is 1. The normalized spacial score (nSPS) is 10.4. The van der Waals surface area contributed by atoms with Crippen LogP contribution in [0.5, 0.6) is 11.5 Å². The smallest absolute Gasteiger partial charge is 0.252 e. The van der Waals surface area contributed by atoms with Crippen LogP contribution in [0.2, 0.25) is 0 Å². The minimum Gasteiger partial charge on any atom is -0.493 e. The minimum absolute atomic E-state index is 0.199. The van der Waals surface area contributed by atoms with Crippen molar-refractivity contribution in [2.75, 3.05) is 20.3 Å². The predicted octanol–water partition coefficient (Wildman–Crippen LogP) is 2.85. The summed E-state index contributed by atoms with van der Waals surface area (Å²) < 4.78 is 13.3. The molecule has 0 radical (unpaired) electrons. The standard InChI is InChI=1S/C18H17BrN4O3/c1-25-16-4-2-3-5-17(16)26-9-8-20-18(24)14-10-13(6-7-15(14)19)23-11-21-22-12-23/h2-7,10-12H,8-9H2,1H3,(H,20,24). The third-order valence-corrected chi connectivity index (χ3v) is 4.32. The maximum atomic E-state index is 12.5. The summed E-state index contributed by atoms with van der Waals surface area (Å²) >= 11 is 3.41. The lowest BCUT2D eigenvalue weighted by Gasteiger charge is -2.12. The molecule has 0 unspecified atom stereocenters. The Labute approximate surface area is 159 Å². The van der Waals surface area contributed by atoms with Crippen LogP contribution in [-0.4, -0.2) is 40.9 Å². The van der Waals surface area contributed by atoms with Crippen molar-refractivity contribution >= 4 is 21.8 Å². The number of nitrogens with one attached hydrogen (secondary N) is 1. The number of benzene rings is 2. The van der Waals surface area contributed by atoms with Crippen LogP contribution in [-0.2, 0) is 0 Å². The van der Waals surface area contributed by atoms with Gasteiger partial charge in [0.05, 0.1) is 19.2 Å². The first-order valence-electron chi connectivity index (χ1n) is 7.87. The Morgan fingerprint density at radius 2 is 1.88 bits per heavy atom. The van der Waals surface area contributed by atoms with Gasteiger partial charge in [0.15, 0.2) is 11.5 Å². The summed E-state index contributed by atoms with van der Waals surface area (Å²) in [7, 11) is 1.59. The fourth-order valence-electron chi connectivity index (χ4n) is 2.34. The van der Waals surface area contributed by atoms with Crippen molar-refractivity contribution in [1.29, 1.82) is 0 Å². The molecule has 8 heteroatoms. The number of carbonyl (C=O) groups is 1. The number of aromatic nitrogens is 3. The van der Waals surface area contributed by atoms with E-state index in [0.717, 1.165) is 5.69 Å². The van der Waals surface area contributed by atoms with Gasteiger partial charge in [-0.15, -0.1) is 10.2 Å². The maximum absolute atomic E-state index is 12.5. The monoisotopic (exact) mass is 416 g/mol. The summed E-state index contributed by atoms with van der Waals surface area (Å²) in [5.74, 6) is 1.10. The number of hydrogen-bond donors (Lipinski definition) is 1. The second-order valence-corrected chi connectivity index (χ2v) is 6.14. The van der Waals surface area contributed by atoms with Crippen LogP contribution in [0, 0.1) is 0 Å². The largest absolute Gasteiger partial charge is 0.493 e. The van der Waals surface area contributed by atoms with E-state index in [0.29, 0.717) is 34.7 Å². The number of methoxy groups -OCH3 is 1. The van der Waals surface area contributed by atoms with Gasteiger partial charge in [0.25, 0.3) is 5.91 Å². The zero-order valence-electron chi connectivity index (χ0n) is 14.1. The number of hydrogen-bond acceptors (Lipinski definition) is 5. The summed E-state index contributed by atoms with van der Waals surface area (Å²) in [6, 6.07) is 12.8. The molecule has 3 aromatic rings. The number of ether oxygens (including phenoxy) is 2. The molecule has 1 aromatic heterocycles. The highest BCUT2D eigenvalue weighted by Gasteiger charge is 2.12. The zero-order valence-corrected chi connectivity index (χ0v) is 15.6. The quantitative estimate of drug-likeness (QED) is 0.599. The van der Waals surface area contributed by atoms with Crippen molar-refractivity contribution in [2.24, 2.45) is 0 Å². The van der Waals surface area contributed by atoms with E-state index in [4.69, 9.17) is 9.47 Å². The van der Waals surface area contributed by atoms with Gasteiger partial charge in [0.2, 0.25) is 0 Å². The van der Waals surface area contributed by atoms with Crippen molar-refractivity contribution in [3.63, 3.8) is 0 Å². The molecule has 1 N–H and O–H groups in total. The van der Waals surface area contributed by atoms with E-state index in [-0.39, 0.29) is 5.91 Å². The van der Waals surface area contributed by atoms with Gasteiger partial charge in [-0.2, -0.15) is 0 Å². The first-order valence-corrected chi connectivity index (χ1v) is 8.67. The number of nitrogens with zero attached hydrogens (tertiary/aromatic N) is 3. The molecule has 26 heavy (non-hydrogen) atoms. The highest BCUT2D eigenvalue weighted by molar-refractivity contribution is 9.10. The Hall–Kier alpha value is -2.87. The molecule has 0 aliphatic rings. The third-order valence-electron chi connectivity index (χ3n) is 3.63. The van der Waals surface area contributed by atoms with Gasteiger partial charge in [-0.1, -0.05) is 12.1 Å². The number of carbonyl (C=O) groups excluding carboxylic acids is 1. The van der Waals surface area contributed by atoms with Crippen LogP contribution in [0.4, 0.5) is 0 Å². The second-order valence-electron chi connectivity index (χ2n) is 5.29.